The number of piperidine rings is 1. The van der Waals surface area contributed by atoms with E-state index in [2.05, 4.69) is 23.7 Å². The molecule has 2 amide bonds. The summed E-state index contributed by atoms with van der Waals surface area (Å²) in [6.45, 7) is 5.79. The number of carbonyl (C=O) groups excluding carboxylic acids is 2. The average Bonchev–Trinajstić information content (AvgIpc) is 2.69. The summed E-state index contributed by atoms with van der Waals surface area (Å²) in [5.74, 6) is 6.25. The van der Waals surface area contributed by atoms with Crippen LogP contribution in [0.4, 0.5) is 0 Å². The molecule has 2 aliphatic heterocycles. The molecule has 1 spiro atoms. The predicted octanol–water partition coefficient (Wildman–Crippen LogP) is 0.572. The van der Waals surface area contributed by atoms with Crippen molar-refractivity contribution < 1.29 is 14.3 Å². The zero-order chi connectivity index (χ0) is 17.6. The lowest BCUT2D eigenvalue weighted by atomic mass is 9.87. The van der Waals surface area contributed by atoms with E-state index in [0.29, 0.717) is 19.6 Å². The molecule has 2 saturated heterocycles. The lowest BCUT2D eigenvalue weighted by Gasteiger charge is -2.39. The Morgan fingerprint density at radius 3 is 2.58 bits per heavy atom. The summed E-state index contributed by atoms with van der Waals surface area (Å²) in [5.41, 5.74) is -0.359. The van der Waals surface area contributed by atoms with Crippen molar-refractivity contribution in [2.24, 2.45) is 0 Å². The van der Waals surface area contributed by atoms with Crippen LogP contribution in [0.1, 0.15) is 32.6 Å². The molecule has 6 heteroatoms. The molecule has 0 bridgehead atoms. The number of likely N-dealkylation sites (tertiary alicyclic amines) is 1. The maximum absolute atomic E-state index is 12.6. The molecule has 2 aliphatic rings. The van der Waals surface area contributed by atoms with Gasteiger partial charge in [-0.3, -0.25) is 14.5 Å². The van der Waals surface area contributed by atoms with Crippen molar-refractivity contribution in [1.82, 2.24) is 14.7 Å². The van der Waals surface area contributed by atoms with Gasteiger partial charge < -0.3 is 14.5 Å². The molecular formula is C18H29N3O3. The lowest BCUT2D eigenvalue weighted by Crippen LogP contribution is -2.47. The van der Waals surface area contributed by atoms with Crippen molar-refractivity contribution in [3.05, 3.63) is 0 Å². The Balaban J connectivity index is 1.90. The SMILES string of the molecule is CCC#CCN1CCC2(CC1)CC(=O)N(CC(=O)N(C)C)CCO2. The number of amides is 2. The summed E-state index contributed by atoms with van der Waals surface area (Å²) in [5, 5.41) is 0. The van der Waals surface area contributed by atoms with E-state index in [-0.39, 0.29) is 24.0 Å². The summed E-state index contributed by atoms with van der Waals surface area (Å²) in [6, 6.07) is 0. The minimum absolute atomic E-state index is 0.0296. The topological polar surface area (TPSA) is 53.1 Å². The Kier molecular flexibility index (Phi) is 6.64. The molecule has 134 valence electrons. The molecule has 0 unspecified atom stereocenters. The van der Waals surface area contributed by atoms with Gasteiger partial charge in [0.2, 0.25) is 11.8 Å². The van der Waals surface area contributed by atoms with Gasteiger partial charge in [0.25, 0.3) is 0 Å². The molecule has 0 aromatic heterocycles. The summed E-state index contributed by atoms with van der Waals surface area (Å²) in [7, 11) is 3.42. The first kappa shape index (κ1) is 18.8. The van der Waals surface area contributed by atoms with Gasteiger partial charge in [0, 0.05) is 40.2 Å². The van der Waals surface area contributed by atoms with E-state index in [1.807, 2.05) is 0 Å². The average molecular weight is 335 g/mol. The highest BCUT2D eigenvalue weighted by atomic mass is 16.5. The van der Waals surface area contributed by atoms with Crippen molar-refractivity contribution >= 4 is 11.8 Å². The molecule has 24 heavy (non-hydrogen) atoms. The van der Waals surface area contributed by atoms with Crippen molar-refractivity contribution in [2.45, 2.75) is 38.2 Å². The fraction of sp³-hybridized carbons (Fsp3) is 0.778. The van der Waals surface area contributed by atoms with Crippen LogP contribution in [0.5, 0.6) is 0 Å². The second-order valence-electron chi connectivity index (χ2n) is 6.79. The Morgan fingerprint density at radius 1 is 1.25 bits per heavy atom. The van der Waals surface area contributed by atoms with Crippen LogP contribution < -0.4 is 0 Å². The second kappa shape index (κ2) is 8.50. The van der Waals surface area contributed by atoms with Crippen LogP contribution in [-0.2, 0) is 14.3 Å². The molecule has 0 aromatic carbocycles. The van der Waals surface area contributed by atoms with Gasteiger partial charge in [-0.1, -0.05) is 12.8 Å². The molecule has 6 nitrogen and oxygen atoms in total. The number of hydrogen-bond donors (Lipinski definition) is 0. The molecule has 2 heterocycles. The van der Waals surface area contributed by atoms with Crippen molar-refractivity contribution in [1.29, 1.82) is 0 Å². The Morgan fingerprint density at radius 2 is 1.96 bits per heavy atom. The van der Waals surface area contributed by atoms with Crippen molar-refractivity contribution in [3.8, 4) is 11.8 Å². The maximum atomic E-state index is 12.6. The van der Waals surface area contributed by atoms with Crippen molar-refractivity contribution in [3.63, 3.8) is 0 Å². The number of hydrogen-bond acceptors (Lipinski definition) is 4. The van der Waals surface area contributed by atoms with E-state index in [1.165, 1.54) is 4.90 Å². The highest BCUT2D eigenvalue weighted by Crippen LogP contribution is 2.32. The van der Waals surface area contributed by atoms with E-state index < -0.39 is 0 Å². The molecule has 2 fully saturated rings. The minimum Gasteiger partial charge on any atom is -0.373 e. The first-order valence-corrected chi connectivity index (χ1v) is 8.76. The normalized spacial score (nSPS) is 21.1. The summed E-state index contributed by atoms with van der Waals surface area (Å²) in [4.78, 5) is 29.9. The van der Waals surface area contributed by atoms with E-state index >= 15 is 0 Å². The van der Waals surface area contributed by atoms with Gasteiger partial charge in [-0.05, 0) is 12.8 Å². The zero-order valence-corrected chi connectivity index (χ0v) is 15.1. The largest absolute Gasteiger partial charge is 0.373 e. The number of ether oxygens (including phenoxy) is 1. The minimum atomic E-state index is -0.359. The highest BCUT2D eigenvalue weighted by molar-refractivity contribution is 5.85. The van der Waals surface area contributed by atoms with E-state index in [0.717, 1.165) is 38.9 Å². The monoisotopic (exact) mass is 335 g/mol. The van der Waals surface area contributed by atoms with Gasteiger partial charge >= 0.3 is 0 Å². The standard InChI is InChI=1S/C18H29N3O3/c1-4-5-6-9-20-10-7-18(8-11-20)14-16(22)21(12-13-24-18)15-17(23)19(2)3/h4,7-15H2,1-3H3. The molecule has 2 rings (SSSR count). The van der Waals surface area contributed by atoms with Crippen LogP contribution in [0.15, 0.2) is 0 Å². The quantitative estimate of drug-likeness (QED) is 0.708. The fourth-order valence-electron chi connectivity index (χ4n) is 3.14. The second-order valence-corrected chi connectivity index (χ2v) is 6.79. The molecule has 0 aliphatic carbocycles. The summed E-state index contributed by atoms with van der Waals surface area (Å²) in [6.07, 6.45) is 2.96. The van der Waals surface area contributed by atoms with Gasteiger partial charge in [0.15, 0.2) is 0 Å². The van der Waals surface area contributed by atoms with Gasteiger partial charge in [0.05, 0.1) is 31.7 Å². The molecular weight excluding hydrogens is 306 g/mol. The maximum Gasteiger partial charge on any atom is 0.241 e. The fourth-order valence-corrected chi connectivity index (χ4v) is 3.14. The first-order chi connectivity index (χ1) is 11.5. The van der Waals surface area contributed by atoms with Crippen LogP contribution in [0, 0.1) is 11.8 Å². The Labute approximate surface area is 145 Å². The molecule has 0 aromatic rings. The molecule has 0 radical (unpaired) electrons. The Hall–Kier alpha value is -1.58. The van der Waals surface area contributed by atoms with Crippen LogP contribution >= 0.6 is 0 Å². The third kappa shape index (κ3) is 4.96. The molecule has 0 atom stereocenters. The van der Waals surface area contributed by atoms with Crippen LogP contribution in [0.25, 0.3) is 0 Å². The number of carbonyl (C=O) groups is 2. The van der Waals surface area contributed by atoms with Gasteiger partial charge in [0.1, 0.15) is 0 Å². The summed E-state index contributed by atoms with van der Waals surface area (Å²) < 4.78 is 6.10. The zero-order valence-electron chi connectivity index (χ0n) is 15.1. The number of likely N-dealkylation sites (N-methyl/N-ethyl adjacent to an activating group) is 1. The van der Waals surface area contributed by atoms with Crippen LogP contribution in [-0.4, -0.2) is 85.5 Å². The highest BCUT2D eigenvalue weighted by Gasteiger charge is 2.40. The third-order valence-electron chi connectivity index (χ3n) is 4.79. The molecule has 0 N–H and O–H groups in total. The van der Waals surface area contributed by atoms with E-state index in [9.17, 15) is 9.59 Å². The van der Waals surface area contributed by atoms with Crippen molar-refractivity contribution in [2.75, 3.05) is 53.4 Å². The Bertz CT molecular complexity index is 513. The smallest absolute Gasteiger partial charge is 0.241 e. The van der Waals surface area contributed by atoms with Crippen LogP contribution in [0.2, 0.25) is 0 Å². The third-order valence-corrected chi connectivity index (χ3v) is 4.79. The van der Waals surface area contributed by atoms with E-state index in [1.54, 1.807) is 19.0 Å². The summed E-state index contributed by atoms with van der Waals surface area (Å²) >= 11 is 0. The van der Waals surface area contributed by atoms with Gasteiger partial charge in [-0.25, -0.2) is 0 Å². The van der Waals surface area contributed by atoms with Gasteiger partial charge in [-0.2, -0.15) is 0 Å². The molecule has 0 saturated carbocycles. The predicted molar refractivity (Wildman–Crippen MR) is 92.3 cm³/mol. The first-order valence-electron chi connectivity index (χ1n) is 8.76. The van der Waals surface area contributed by atoms with E-state index in [4.69, 9.17) is 4.74 Å². The number of nitrogens with zero attached hydrogens (tertiary/aromatic N) is 3. The lowest BCUT2D eigenvalue weighted by molar-refractivity contribution is -0.140. The van der Waals surface area contributed by atoms with Gasteiger partial charge in [-0.15, -0.1) is 5.92 Å². The number of rotatable bonds is 3. The van der Waals surface area contributed by atoms with Crippen LogP contribution in [0.3, 0.4) is 0 Å².